The first-order valence-corrected chi connectivity index (χ1v) is 8.62. The van der Waals surface area contributed by atoms with Crippen molar-refractivity contribution in [2.24, 2.45) is 5.92 Å². The van der Waals surface area contributed by atoms with E-state index < -0.39 is 29.6 Å². The van der Waals surface area contributed by atoms with E-state index >= 15 is 0 Å². The Balaban J connectivity index is 1.74. The second-order valence-corrected chi connectivity index (χ2v) is 7.15. The second-order valence-electron chi connectivity index (χ2n) is 7.15. The Labute approximate surface area is 150 Å². The van der Waals surface area contributed by atoms with Crippen molar-refractivity contribution in [1.82, 2.24) is 15.1 Å². The van der Waals surface area contributed by atoms with E-state index in [2.05, 4.69) is 5.32 Å². The second kappa shape index (κ2) is 7.01. The maximum absolute atomic E-state index is 13.4. The van der Waals surface area contributed by atoms with Crippen LogP contribution in [0, 0.1) is 17.6 Å². The smallest absolute Gasteiger partial charge is 0.254 e. The highest BCUT2D eigenvalue weighted by Crippen LogP contribution is 2.21. The van der Waals surface area contributed by atoms with Gasteiger partial charge in [0.2, 0.25) is 11.8 Å². The van der Waals surface area contributed by atoms with E-state index in [-0.39, 0.29) is 42.9 Å². The quantitative estimate of drug-likeness (QED) is 0.874. The topological polar surface area (TPSA) is 69.7 Å². The molecule has 1 aromatic rings. The van der Waals surface area contributed by atoms with Crippen LogP contribution in [0.3, 0.4) is 0 Å². The summed E-state index contributed by atoms with van der Waals surface area (Å²) in [6.45, 7) is 4.37. The zero-order valence-corrected chi connectivity index (χ0v) is 14.7. The van der Waals surface area contributed by atoms with Crippen LogP contribution in [0.2, 0.25) is 0 Å². The minimum atomic E-state index is -0.839. The fourth-order valence-corrected chi connectivity index (χ4v) is 3.48. The zero-order valence-electron chi connectivity index (χ0n) is 14.7. The normalized spacial score (nSPS) is 23.1. The van der Waals surface area contributed by atoms with Gasteiger partial charge in [-0.05, 0) is 24.5 Å². The number of rotatable bonds is 3. The summed E-state index contributed by atoms with van der Waals surface area (Å²) in [5.74, 6) is -2.44. The fraction of sp³-hybridized carbons (Fsp3) is 0.500. The molecule has 26 heavy (non-hydrogen) atoms. The number of nitrogens with one attached hydrogen (secondary N) is 1. The minimum absolute atomic E-state index is 0.00291. The van der Waals surface area contributed by atoms with Gasteiger partial charge in [0.25, 0.3) is 5.91 Å². The number of hydrogen-bond donors (Lipinski definition) is 1. The van der Waals surface area contributed by atoms with Gasteiger partial charge in [-0.3, -0.25) is 14.4 Å². The molecule has 1 aromatic carbocycles. The van der Waals surface area contributed by atoms with Crippen molar-refractivity contribution in [1.29, 1.82) is 0 Å². The van der Waals surface area contributed by atoms with Crippen LogP contribution < -0.4 is 5.32 Å². The number of halogens is 2. The molecule has 2 atom stereocenters. The van der Waals surface area contributed by atoms with Gasteiger partial charge in [0.05, 0.1) is 6.54 Å². The number of carbonyl (C=O) groups excluding carboxylic acids is 3. The summed E-state index contributed by atoms with van der Waals surface area (Å²) in [7, 11) is 0. The number of benzene rings is 1. The molecule has 0 bridgehead atoms. The highest BCUT2D eigenvalue weighted by Gasteiger charge is 2.44. The lowest BCUT2D eigenvalue weighted by Crippen LogP contribution is -2.69. The van der Waals surface area contributed by atoms with E-state index in [0.717, 1.165) is 12.1 Å². The monoisotopic (exact) mass is 365 g/mol. The van der Waals surface area contributed by atoms with Gasteiger partial charge in [0.1, 0.15) is 23.7 Å². The van der Waals surface area contributed by atoms with Crippen molar-refractivity contribution in [3.05, 3.63) is 35.4 Å². The summed E-state index contributed by atoms with van der Waals surface area (Å²) in [6, 6.07) is 1.29. The van der Waals surface area contributed by atoms with E-state index in [9.17, 15) is 23.2 Å². The number of piperazine rings is 2. The van der Waals surface area contributed by atoms with E-state index in [4.69, 9.17) is 0 Å². The summed E-state index contributed by atoms with van der Waals surface area (Å²) in [5.41, 5.74) is -0.115. The van der Waals surface area contributed by atoms with Crippen molar-refractivity contribution in [2.75, 3.05) is 19.6 Å². The maximum Gasteiger partial charge on any atom is 0.254 e. The Morgan fingerprint density at radius 3 is 2.46 bits per heavy atom. The molecule has 0 saturated carbocycles. The molecule has 2 fully saturated rings. The molecule has 1 N–H and O–H groups in total. The summed E-state index contributed by atoms with van der Waals surface area (Å²) < 4.78 is 26.7. The van der Waals surface area contributed by atoms with Crippen molar-refractivity contribution >= 4 is 17.7 Å². The van der Waals surface area contributed by atoms with Crippen LogP contribution in [-0.2, 0) is 9.59 Å². The average Bonchev–Trinajstić information content (AvgIpc) is 2.57. The van der Waals surface area contributed by atoms with Gasteiger partial charge in [-0.25, -0.2) is 8.78 Å². The molecule has 2 aliphatic rings. The van der Waals surface area contributed by atoms with Crippen molar-refractivity contribution in [3.8, 4) is 0 Å². The lowest BCUT2D eigenvalue weighted by Gasteiger charge is -2.45. The number of hydrogen-bond acceptors (Lipinski definition) is 3. The van der Waals surface area contributed by atoms with E-state index in [0.29, 0.717) is 12.5 Å². The third-order valence-corrected chi connectivity index (χ3v) is 4.68. The Morgan fingerprint density at radius 2 is 1.85 bits per heavy atom. The molecule has 0 aromatic heterocycles. The Morgan fingerprint density at radius 1 is 1.19 bits per heavy atom. The van der Waals surface area contributed by atoms with Gasteiger partial charge in [0, 0.05) is 24.7 Å². The molecule has 2 aliphatic heterocycles. The van der Waals surface area contributed by atoms with Gasteiger partial charge in [-0.15, -0.1) is 0 Å². The van der Waals surface area contributed by atoms with E-state index in [1.54, 1.807) is 0 Å². The lowest BCUT2D eigenvalue weighted by atomic mass is 9.97. The molecule has 8 heteroatoms. The van der Waals surface area contributed by atoms with Gasteiger partial charge in [0.15, 0.2) is 0 Å². The van der Waals surface area contributed by atoms with E-state index in [1.807, 2.05) is 13.8 Å². The van der Waals surface area contributed by atoms with Crippen molar-refractivity contribution < 1.29 is 23.2 Å². The minimum Gasteiger partial charge on any atom is -0.342 e. The highest BCUT2D eigenvalue weighted by atomic mass is 19.1. The van der Waals surface area contributed by atoms with Gasteiger partial charge < -0.3 is 15.1 Å². The molecule has 0 spiro atoms. The average molecular weight is 365 g/mol. The summed E-state index contributed by atoms with van der Waals surface area (Å²) in [4.78, 5) is 40.4. The van der Waals surface area contributed by atoms with Crippen LogP contribution in [0.1, 0.15) is 30.6 Å². The molecule has 0 radical (unpaired) electrons. The molecule has 2 saturated heterocycles. The molecule has 140 valence electrons. The Bertz CT molecular complexity index is 733. The SMILES string of the molecule is CC(C)C[C@H]1NC(=O)[C@H]2CN(C(=O)c3cc(F)cc(F)c3)CCN2C1=O. The molecule has 6 nitrogen and oxygen atoms in total. The predicted molar refractivity (Wildman–Crippen MR) is 89.1 cm³/mol. The Hall–Kier alpha value is -2.51. The van der Waals surface area contributed by atoms with Crippen LogP contribution >= 0.6 is 0 Å². The van der Waals surface area contributed by atoms with Crippen LogP contribution in [-0.4, -0.2) is 59.2 Å². The van der Waals surface area contributed by atoms with Crippen LogP contribution in [0.15, 0.2) is 18.2 Å². The van der Waals surface area contributed by atoms with Crippen LogP contribution in [0.5, 0.6) is 0 Å². The number of carbonyl (C=O) groups is 3. The van der Waals surface area contributed by atoms with Gasteiger partial charge in [-0.2, -0.15) is 0 Å². The maximum atomic E-state index is 13.4. The molecule has 3 rings (SSSR count). The predicted octanol–water partition coefficient (Wildman–Crippen LogP) is 1.16. The standard InChI is InChI=1S/C18H21F2N3O3/c1-10(2)5-14-18(26)23-4-3-22(9-15(23)16(24)21-14)17(25)11-6-12(19)8-13(20)7-11/h6-8,10,14-15H,3-5,9H2,1-2H3,(H,21,24)/t14-,15-/m1/s1. The molecule has 2 heterocycles. The van der Waals surface area contributed by atoms with Crippen LogP contribution in [0.4, 0.5) is 8.78 Å². The Kier molecular flexibility index (Phi) is 4.93. The molecular weight excluding hydrogens is 344 g/mol. The van der Waals surface area contributed by atoms with Gasteiger partial charge >= 0.3 is 0 Å². The fourth-order valence-electron chi connectivity index (χ4n) is 3.48. The molecule has 0 aliphatic carbocycles. The largest absolute Gasteiger partial charge is 0.342 e. The van der Waals surface area contributed by atoms with Crippen LogP contribution in [0.25, 0.3) is 0 Å². The third kappa shape index (κ3) is 3.54. The van der Waals surface area contributed by atoms with Crippen molar-refractivity contribution in [2.45, 2.75) is 32.4 Å². The molecular formula is C18H21F2N3O3. The number of nitrogens with zero attached hydrogens (tertiary/aromatic N) is 2. The number of amides is 3. The number of fused-ring (bicyclic) bond motifs is 1. The van der Waals surface area contributed by atoms with E-state index in [1.165, 1.54) is 9.80 Å². The first-order valence-electron chi connectivity index (χ1n) is 8.62. The first kappa shape index (κ1) is 18.3. The molecule has 3 amide bonds. The summed E-state index contributed by atoms with van der Waals surface area (Å²) >= 11 is 0. The molecule has 0 unspecified atom stereocenters. The first-order chi connectivity index (χ1) is 12.3. The summed E-state index contributed by atoms with van der Waals surface area (Å²) in [5, 5.41) is 2.73. The summed E-state index contributed by atoms with van der Waals surface area (Å²) in [6.07, 6.45) is 0.555. The van der Waals surface area contributed by atoms with Gasteiger partial charge in [-0.1, -0.05) is 13.8 Å². The zero-order chi connectivity index (χ0) is 19.0. The lowest BCUT2D eigenvalue weighted by molar-refractivity contribution is -0.152. The highest BCUT2D eigenvalue weighted by molar-refractivity contribution is 5.99. The third-order valence-electron chi connectivity index (χ3n) is 4.68. The van der Waals surface area contributed by atoms with Crippen molar-refractivity contribution in [3.63, 3.8) is 0 Å².